The average Bonchev–Trinajstić information content (AvgIpc) is 2.54. The van der Waals surface area contributed by atoms with Crippen LogP contribution in [0.5, 0.6) is 0 Å². The second-order valence-corrected chi connectivity index (χ2v) is 3.26. The molecule has 2 aliphatic rings. The van der Waals surface area contributed by atoms with Crippen molar-refractivity contribution in [3.63, 3.8) is 0 Å². The van der Waals surface area contributed by atoms with Crippen LogP contribution in [0.15, 0.2) is 11.8 Å². The molecule has 0 spiro atoms. The van der Waals surface area contributed by atoms with Gasteiger partial charge in [-0.15, -0.1) is 0 Å². The lowest BCUT2D eigenvalue weighted by atomic mass is 10.2. The smallest absolute Gasteiger partial charge is 0.378 e. The third kappa shape index (κ3) is 1.58. The van der Waals surface area contributed by atoms with Gasteiger partial charge in [0.15, 0.2) is 6.23 Å². The van der Waals surface area contributed by atoms with Crippen LogP contribution in [-0.4, -0.2) is 42.4 Å². The minimum Gasteiger partial charge on any atom is -0.472 e. The van der Waals surface area contributed by atoms with Gasteiger partial charge in [0.2, 0.25) is 5.91 Å². The Bertz CT molecular complexity index is 373. The average molecular weight is 211 g/mol. The first-order valence-electron chi connectivity index (χ1n) is 4.41. The summed E-state index contributed by atoms with van der Waals surface area (Å²) < 4.78 is 9.48. The highest BCUT2D eigenvalue weighted by Gasteiger charge is 2.43. The van der Waals surface area contributed by atoms with Crippen LogP contribution >= 0.6 is 0 Å². The van der Waals surface area contributed by atoms with Gasteiger partial charge >= 0.3 is 5.97 Å². The van der Waals surface area contributed by atoms with Crippen LogP contribution < -0.4 is 0 Å². The molecular formula is C9H9NO5. The van der Waals surface area contributed by atoms with Crippen molar-refractivity contribution in [1.82, 2.24) is 4.90 Å². The van der Waals surface area contributed by atoms with E-state index in [1.807, 2.05) is 0 Å². The molecule has 1 amide bonds. The number of β-lactam (4-membered cyclic amide) rings is 1. The standard InChI is InChI=1S/C9H9NO5/c1-14-9(13)6(11)2-5-4-10-7(12)3-8(10)15-5/h2,8H,3-4H2,1H3/b5-2+. The van der Waals surface area contributed by atoms with Gasteiger partial charge in [-0.2, -0.15) is 0 Å². The molecular weight excluding hydrogens is 202 g/mol. The number of carbonyl (C=O) groups excluding carboxylic acids is 3. The maximum atomic E-state index is 11.1. The fourth-order valence-electron chi connectivity index (χ4n) is 1.49. The van der Waals surface area contributed by atoms with Gasteiger partial charge < -0.3 is 9.47 Å². The summed E-state index contributed by atoms with van der Waals surface area (Å²) in [6.45, 7) is 0.256. The number of ketones is 1. The Kier molecular flexibility index (Phi) is 2.18. The Morgan fingerprint density at radius 3 is 2.87 bits per heavy atom. The first-order valence-corrected chi connectivity index (χ1v) is 4.41. The van der Waals surface area contributed by atoms with E-state index in [1.54, 1.807) is 0 Å². The van der Waals surface area contributed by atoms with E-state index in [4.69, 9.17) is 4.74 Å². The molecule has 2 heterocycles. The normalized spacial score (nSPS) is 25.7. The second-order valence-electron chi connectivity index (χ2n) is 3.26. The fourth-order valence-corrected chi connectivity index (χ4v) is 1.49. The van der Waals surface area contributed by atoms with E-state index in [2.05, 4.69) is 4.74 Å². The van der Waals surface area contributed by atoms with Crippen LogP contribution in [0.1, 0.15) is 6.42 Å². The minimum absolute atomic E-state index is 0.00563. The summed E-state index contributed by atoms with van der Waals surface area (Å²) in [5, 5.41) is 0. The molecule has 2 aliphatic heterocycles. The van der Waals surface area contributed by atoms with Gasteiger partial charge in [0.1, 0.15) is 5.76 Å². The lowest BCUT2D eigenvalue weighted by Gasteiger charge is -2.30. The van der Waals surface area contributed by atoms with Crippen LogP contribution in [0.25, 0.3) is 0 Å². The zero-order chi connectivity index (χ0) is 11.0. The number of esters is 1. The minimum atomic E-state index is -0.938. The van der Waals surface area contributed by atoms with Gasteiger partial charge in [-0.3, -0.25) is 14.5 Å². The zero-order valence-corrected chi connectivity index (χ0v) is 8.06. The molecule has 0 aromatic carbocycles. The molecule has 6 nitrogen and oxygen atoms in total. The SMILES string of the molecule is COC(=O)C(=O)/C=C1\CN2C(=O)CC2O1. The van der Waals surface area contributed by atoms with E-state index in [0.717, 1.165) is 13.2 Å². The van der Waals surface area contributed by atoms with Gasteiger partial charge in [0.25, 0.3) is 5.78 Å². The van der Waals surface area contributed by atoms with Crippen LogP contribution in [0.3, 0.4) is 0 Å². The Hall–Kier alpha value is -1.85. The highest BCUT2D eigenvalue weighted by Crippen LogP contribution is 2.30. The number of nitrogens with zero attached hydrogens (tertiary/aromatic N) is 1. The van der Waals surface area contributed by atoms with Crippen LogP contribution in [0.2, 0.25) is 0 Å². The molecule has 0 saturated carbocycles. The highest BCUT2D eigenvalue weighted by molar-refractivity contribution is 6.38. The quantitative estimate of drug-likeness (QED) is 0.259. The van der Waals surface area contributed by atoms with Crippen LogP contribution in [0, 0.1) is 0 Å². The van der Waals surface area contributed by atoms with Gasteiger partial charge in [-0.05, 0) is 0 Å². The third-order valence-corrected chi connectivity index (χ3v) is 2.31. The van der Waals surface area contributed by atoms with Gasteiger partial charge in [-0.1, -0.05) is 0 Å². The largest absolute Gasteiger partial charge is 0.472 e. The van der Waals surface area contributed by atoms with Crippen molar-refractivity contribution < 1.29 is 23.9 Å². The number of ether oxygens (including phenoxy) is 2. The van der Waals surface area contributed by atoms with Crippen molar-refractivity contribution in [3.05, 3.63) is 11.8 Å². The number of fused-ring (bicyclic) bond motifs is 1. The molecule has 0 aromatic rings. The number of carbonyl (C=O) groups is 3. The number of hydrogen-bond acceptors (Lipinski definition) is 5. The van der Waals surface area contributed by atoms with Crippen LogP contribution in [-0.2, 0) is 23.9 Å². The van der Waals surface area contributed by atoms with Crippen LogP contribution in [0.4, 0.5) is 0 Å². The highest BCUT2D eigenvalue weighted by atomic mass is 16.5. The van der Waals surface area contributed by atoms with Crippen molar-refractivity contribution in [2.24, 2.45) is 0 Å². The second kappa shape index (κ2) is 3.38. The first-order chi connectivity index (χ1) is 7.11. The Morgan fingerprint density at radius 1 is 1.60 bits per heavy atom. The van der Waals surface area contributed by atoms with Gasteiger partial charge in [-0.25, -0.2) is 4.79 Å². The number of rotatable bonds is 2. The maximum Gasteiger partial charge on any atom is 0.378 e. The monoisotopic (exact) mass is 211 g/mol. The summed E-state index contributed by atoms with van der Waals surface area (Å²) >= 11 is 0. The van der Waals surface area contributed by atoms with E-state index in [1.165, 1.54) is 4.90 Å². The van der Waals surface area contributed by atoms with E-state index in [0.29, 0.717) is 12.2 Å². The first kappa shape index (κ1) is 9.70. The van der Waals surface area contributed by atoms with Crippen molar-refractivity contribution in [2.45, 2.75) is 12.6 Å². The molecule has 80 valence electrons. The van der Waals surface area contributed by atoms with Crippen molar-refractivity contribution in [2.75, 3.05) is 13.7 Å². The Morgan fingerprint density at radius 2 is 2.33 bits per heavy atom. The molecule has 1 unspecified atom stereocenters. The topological polar surface area (TPSA) is 72.9 Å². The van der Waals surface area contributed by atoms with Gasteiger partial charge in [0.05, 0.1) is 20.1 Å². The number of hydrogen-bond donors (Lipinski definition) is 0. The molecule has 0 aliphatic carbocycles. The summed E-state index contributed by atoms with van der Waals surface area (Å²) in [6, 6.07) is 0. The Balaban J connectivity index is 2.01. The van der Waals surface area contributed by atoms with E-state index < -0.39 is 11.8 Å². The maximum absolute atomic E-state index is 11.1. The predicted molar refractivity (Wildman–Crippen MR) is 46.3 cm³/mol. The van der Waals surface area contributed by atoms with E-state index in [9.17, 15) is 14.4 Å². The fraction of sp³-hybridized carbons (Fsp3) is 0.444. The number of amides is 1. The van der Waals surface area contributed by atoms with Crippen molar-refractivity contribution >= 4 is 17.7 Å². The molecule has 0 bridgehead atoms. The zero-order valence-electron chi connectivity index (χ0n) is 8.06. The molecule has 0 N–H and O–H groups in total. The summed E-state index contributed by atoms with van der Waals surface area (Å²) in [6.07, 6.45) is 1.15. The summed E-state index contributed by atoms with van der Waals surface area (Å²) in [5.41, 5.74) is 0. The molecule has 2 fully saturated rings. The molecule has 0 radical (unpaired) electrons. The molecule has 1 atom stereocenters. The predicted octanol–water partition coefficient (Wildman–Crippen LogP) is -0.799. The molecule has 0 aromatic heterocycles. The molecule has 2 rings (SSSR count). The summed E-state index contributed by atoms with van der Waals surface area (Å²) in [4.78, 5) is 34.4. The summed E-state index contributed by atoms with van der Waals surface area (Å²) in [5.74, 6) is -1.38. The number of methoxy groups -OCH3 is 1. The molecule has 2 saturated heterocycles. The summed E-state index contributed by atoms with van der Waals surface area (Å²) in [7, 11) is 1.13. The van der Waals surface area contributed by atoms with E-state index in [-0.39, 0.29) is 18.7 Å². The lowest BCUT2D eigenvalue weighted by molar-refractivity contribution is -0.154. The van der Waals surface area contributed by atoms with Crippen molar-refractivity contribution in [3.8, 4) is 0 Å². The van der Waals surface area contributed by atoms with Crippen molar-refractivity contribution in [1.29, 1.82) is 0 Å². The molecule has 15 heavy (non-hydrogen) atoms. The lowest BCUT2D eigenvalue weighted by Crippen LogP contribution is -2.48. The van der Waals surface area contributed by atoms with E-state index >= 15 is 0 Å². The van der Waals surface area contributed by atoms with Gasteiger partial charge in [0, 0.05) is 6.08 Å². The Labute approximate surface area is 85.4 Å². The third-order valence-electron chi connectivity index (χ3n) is 2.31. The molecule has 6 heteroatoms.